The molecule has 5 nitrogen and oxygen atoms in total. The number of benzene rings is 2. The number of nitrogens with zero attached hydrogens (tertiary/aromatic N) is 1. The first-order valence-electron chi connectivity index (χ1n) is 8.88. The smallest absolute Gasteiger partial charge is 0.260 e. The lowest BCUT2D eigenvalue weighted by Gasteiger charge is -2.18. The molecule has 0 unspecified atom stereocenters. The van der Waals surface area contributed by atoms with E-state index in [2.05, 4.69) is 34.7 Å². The van der Waals surface area contributed by atoms with Crippen molar-refractivity contribution >= 4 is 12.1 Å². The average Bonchev–Trinajstić information content (AvgIpc) is 3.23. The second-order valence-electron chi connectivity index (χ2n) is 6.04. The highest BCUT2D eigenvalue weighted by Gasteiger charge is 2.14. The van der Waals surface area contributed by atoms with Crippen molar-refractivity contribution in [2.45, 2.75) is 12.3 Å². The molecule has 3 rings (SSSR count). The van der Waals surface area contributed by atoms with Crippen LogP contribution in [0.15, 0.2) is 88.6 Å². The molecule has 0 aliphatic heterocycles. The zero-order valence-corrected chi connectivity index (χ0v) is 15.0. The van der Waals surface area contributed by atoms with Crippen LogP contribution >= 0.6 is 0 Å². The Labute approximate surface area is 158 Å². The Balaban J connectivity index is 1.48. The van der Waals surface area contributed by atoms with Crippen LogP contribution in [0.3, 0.4) is 0 Å². The van der Waals surface area contributed by atoms with E-state index in [1.165, 1.54) is 17.3 Å². The summed E-state index contributed by atoms with van der Waals surface area (Å²) in [6.45, 7) is 0.428. The van der Waals surface area contributed by atoms with Gasteiger partial charge in [0.15, 0.2) is 6.61 Å². The molecule has 1 aromatic heterocycles. The maximum absolute atomic E-state index is 11.9. The zero-order valence-electron chi connectivity index (χ0n) is 15.0. The first kappa shape index (κ1) is 18.5. The van der Waals surface area contributed by atoms with Crippen molar-refractivity contribution in [3.63, 3.8) is 0 Å². The summed E-state index contributed by atoms with van der Waals surface area (Å²) in [5, 5.41) is 6.60. The molecule has 1 N–H and O–H groups in total. The fourth-order valence-corrected chi connectivity index (χ4v) is 2.85. The summed E-state index contributed by atoms with van der Waals surface area (Å²) in [5.74, 6) is 0.598. The molecule has 5 heteroatoms. The van der Waals surface area contributed by atoms with Crippen LogP contribution in [0.1, 0.15) is 29.2 Å². The quantitative estimate of drug-likeness (QED) is 0.463. The molecule has 0 saturated heterocycles. The van der Waals surface area contributed by atoms with Gasteiger partial charge in [-0.2, -0.15) is 0 Å². The predicted molar refractivity (Wildman–Crippen MR) is 105 cm³/mol. The highest BCUT2D eigenvalue weighted by Crippen LogP contribution is 2.27. The SMILES string of the molecule is O=C(CO/N=C/c1ccco1)NCCC(c1ccccc1)c1ccccc1. The number of oxime groups is 1. The van der Waals surface area contributed by atoms with Crippen LogP contribution in [-0.2, 0) is 9.63 Å². The predicted octanol–water partition coefficient (Wildman–Crippen LogP) is 3.97. The third-order valence-corrected chi connectivity index (χ3v) is 4.15. The first-order valence-corrected chi connectivity index (χ1v) is 8.88. The molecule has 2 aromatic carbocycles. The molecule has 0 aliphatic carbocycles. The van der Waals surface area contributed by atoms with E-state index in [0.29, 0.717) is 12.3 Å². The van der Waals surface area contributed by atoms with Gasteiger partial charge in [-0.05, 0) is 29.7 Å². The number of rotatable bonds is 9. The summed E-state index contributed by atoms with van der Waals surface area (Å²) in [6.07, 6.45) is 3.77. The van der Waals surface area contributed by atoms with Gasteiger partial charge >= 0.3 is 0 Å². The molecule has 0 saturated carbocycles. The van der Waals surface area contributed by atoms with Crippen LogP contribution in [-0.4, -0.2) is 25.3 Å². The molecule has 1 amide bonds. The van der Waals surface area contributed by atoms with Gasteiger partial charge in [0.2, 0.25) is 0 Å². The molecule has 0 atom stereocenters. The van der Waals surface area contributed by atoms with Gasteiger partial charge in [-0.15, -0.1) is 0 Å². The van der Waals surface area contributed by atoms with Crippen molar-refractivity contribution in [3.05, 3.63) is 95.9 Å². The van der Waals surface area contributed by atoms with E-state index in [1.807, 2.05) is 36.4 Å². The number of furan rings is 1. The number of carbonyl (C=O) groups excluding carboxylic acids is 1. The van der Waals surface area contributed by atoms with E-state index in [9.17, 15) is 4.79 Å². The minimum atomic E-state index is -0.202. The van der Waals surface area contributed by atoms with Gasteiger partial charge in [0.25, 0.3) is 5.91 Å². The fourth-order valence-electron chi connectivity index (χ4n) is 2.85. The highest BCUT2D eigenvalue weighted by atomic mass is 16.6. The molecular formula is C22H22N2O3. The Morgan fingerprint density at radius 3 is 2.26 bits per heavy atom. The summed E-state index contributed by atoms with van der Waals surface area (Å²) in [5.41, 5.74) is 2.47. The molecule has 0 fully saturated rings. The van der Waals surface area contributed by atoms with Crippen molar-refractivity contribution in [2.24, 2.45) is 5.16 Å². The lowest BCUT2D eigenvalue weighted by Crippen LogP contribution is -2.29. The number of carbonyl (C=O) groups is 1. The third kappa shape index (κ3) is 5.85. The first-order chi connectivity index (χ1) is 13.3. The van der Waals surface area contributed by atoms with E-state index in [0.717, 1.165) is 6.42 Å². The third-order valence-electron chi connectivity index (χ3n) is 4.15. The summed E-state index contributed by atoms with van der Waals surface area (Å²) >= 11 is 0. The molecule has 0 aliphatic rings. The Bertz CT molecular complexity index is 791. The summed E-state index contributed by atoms with van der Waals surface area (Å²) in [4.78, 5) is 16.9. The van der Waals surface area contributed by atoms with E-state index in [-0.39, 0.29) is 18.4 Å². The Hall–Kier alpha value is -3.34. The van der Waals surface area contributed by atoms with Crippen LogP contribution in [0.5, 0.6) is 0 Å². The second-order valence-corrected chi connectivity index (χ2v) is 6.04. The van der Waals surface area contributed by atoms with E-state index >= 15 is 0 Å². The van der Waals surface area contributed by atoms with Gasteiger partial charge < -0.3 is 14.6 Å². The molecule has 1 heterocycles. The maximum Gasteiger partial charge on any atom is 0.260 e. The molecule has 138 valence electrons. The Kier molecular flexibility index (Phi) is 6.81. The molecular weight excluding hydrogens is 340 g/mol. The molecule has 0 radical (unpaired) electrons. The van der Waals surface area contributed by atoms with Crippen LogP contribution in [0.25, 0.3) is 0 Å². The number of amides is 1. The largest absolute Gasteiger partial charge is 0.463 e. The number of hydrogen-bond donors (Lipinski definition) is 1. The van der Waals surface area contributed by atoms with Gasteiger partial charge in [0.05, 0.1) is 6.26 Å². The standard InChI is InChI=1S/C22H22N2O3/c25-22(17-27-24-16-20-12-7-15-26-20)23-14-13-21(18-8-3-1-4-9-18)19-10-5-2-6-11-19/h1-12,15-16,21H,13-14,17H2,(H,23,25)/b24-16+. The van der Waals surface area contributed by atoms with Crippen molar-refractivity contribution in [2.75, 3.05) is 13.2 Å². The van der Waals surface area contributed by atoms with Crippen molar-refractivity contribution in [3.8, 4) is 0 Å². The van der Waals surface area contributed by atoms with Gasteiger partial charge in [-0.25, -0.2) is 0 Å². The monoisotopic (exact) mass is 362 g/mol. The molecule has 3 aromatic rings. The summed E-state index contributed by atoms with van der Waals surface area (Å²) < 4.78 is 5.09. The topological polar surface area (TPSA) is 63.8 Å². The minimum Gasteiger partial charge on any atom is -0.463 e. The Morgan fingerprint density at radius 1 is 1.00 bits per heavy atom. The number of nitrogens with one attached hydrogen (secondary N) is 1. The molecule has 0 bridgehead atoms. The van der Waals surface area contributed by atoms with Gasteiger partial charge in [0.1, 0.15) is 12.0 Å². The lowest BCUT2D eigenvalue weighted by atomic mass is 9.88. The molecule has 27 heavy (non-hydrogen) atoms. The summed E-state index contributed by atoms with van der Waals surface area (Å²) in [7, 11) is 0. The van der Waals surface area contributed by atoms with E-state index in [1.54, 1.807) is 18.4 Å². The van der Waals surface area contributed by atoms with Crippen molar-refractivity contribution in [1.29, 1.82) is 0 Å². The normalized spacial score (nSPS) is 11.0. The van der Waals surface area contributed by atoms with Crippen LogP contribution in [0.2, 0.25) is 0 Å². The van der Waals surface area contributed by atoms with Gasteiger partial charge in [0, 0.05) is 12.5 Å². The Morgan fingerprint density at radius 2 is 1.67 bits per heavy atom. The average molecular weight is 362 g/mol. The maximum atomic E-state index is 11.9. The number of hydrogen-bond acceptors (Lipinski definition) is 4. The fraction of sp³-hybridized carbons (Fsp3) is 0.182. The minimum absolute atomic E-state index is 0.126. The zero-order chi connectivity index (χ0) is 18.7. The van der Waals surface area contributed by atoms with E-state index < -0.39 is 0 Å². The second kappa shape index (κ2) is 9.97. The van der Waals surface area contributed by atoms with E-state index in [4.69, 9.17) is 9.25 Å². The van der Waals surface area contributed by atoms with Crippen molar-refractivity contribution in [1.82, 2.24) is 5.32 Å². The van der Waals surface area contributed by atoms with Crippen LogP contribution in [0, 0.1) is 0 Å². The van der Waals surface area contributed by atoms with Crippen LogP contribution < -0.4 is 5.32 Å². The summed E-state index contributed by atoms with van der Waals surface area (Å²) in [6, 6.07) is 24.1. The van der Waals surface area contributed by atoms with Crippen LogP contribution in [0.4, 0.5) is 0 Å². The highest BCUT2D eigenvalue weighted by molar-refractivity contribution is 5.77. The lowest BCUT2D eigenvalue weighted by molar-refractivity contribution is -0.125. The van der Waals surface area contributed by atoms with Gasteiger partial charge in [-0.3, -0.25) is 4.79 Å². The van der Waals surface area contributed by atoms with Crippen molar-refractivity contribution < 1.29 is 14.0 Å². The van der Waals surface area contributed by atoms with Gasteiger partial charge in [-0.1, -0.05) is 65.8 Å². The molecule has 0 spiro atoms.